The molecule has 0 bridgehead atoms. The zero-order valence-corrected chi connectivity index (χ0v) is 12.4. The Morgan fingerprint density at radius 2 is 1.90 bits per heavy atom. The van der Waals surface area contributed by atoms with E-state index in [0.29, 0.717) is 17.3 Å². The van der Waals surface area contributed by atoms with Crippen molar-refractivity contribution < 1.29 is 13.5 Å². The molecule has 21 heavy (non-hydrogen) atoms. The van der Waals surface area contributed by atoms with Crippen molar-refractivity contribution in [3.8, 4) is 11.5 Å². The van der Waals surface area contributed by atoms with Gasteiger partial charge in [-0.2, -0.15) is 0 Å². The first kappa shape index (κ1) is 15.7. The summed E-state index contributed by atoms with van der Waals surface area (Å²) in [5.74, 6) is -1.03. The third-order valence-corrected chi connectivity index (χ3v) is 3.12. The van der Waals surface area contributed by atoms with E-state index in [4.69, 9.17) is 16.3 Å². The largest absolute Gasteiger partial charge is 0.457 e. The van der Waals surface area contributed by atoms with Crippen LogP contribution in [0.3, 0.4) is 0 Å². The molecule has 0 aliphatic heterocycles. The van der Waals surface area contributed by atoms with E-state index in [2.05, 4.69) is 12.2 Å². The minimum absolute atomic E-state index is 0.243. The van der Waals surface area contributed by atoms with Crippen molar-refractivity contribution in [3.05, 3.63) is 58.6 Å². The zero-order valence-electron chi connectivity index (χ0n) is 11.6. The van der Waals surface area contributed by atoms with Gasteiger partial charge in [0.1, 0.15) is 11.5 Å². The van der Waals surface area contributed by atoms with Crippen LogP contribution in [0.25, 0.3) is 0 Å². The Morgan fingerprint density at radius 3 is 2.62 bits per heavy atom. The predicted molar refractivity (Wildman–Crippen MR) is 79.9 cm³/mol. The quantitative estimate of drug-likeness (QED) is 0.765. The Labute approximate surface area is 127 Å². The summed E-state index contributed by atoms with van der Waals surface area (Å²) in [4.78, 5) is 0. The van der Waals surface area contributed by atoms with Gasteiger partial charge in [-0.3, -0.25) is 0 Å². The Hall–Kier alpha value is -1.65. The Kier molecular flexibility index (Phi) is 5.53. The Balaban J connectivity index is 2.19. The van der Waals surface area contributed by atoms with Crippen molar-refractivity contribution >= 4 is 11.6 Å². The normalized spacial score (nSPS) is 10.7. The maximum absolute atomic E-state index is 13.2. The van der Waals surface area contributed by atoms with E-state index in [1.807, 2.05) is 0 Å². The molecule has 0 atom stereocenters. The smallest absolute Gasteiger partial charge is 0.162 e. The van der Waals surface area contributed by atoms with E-state index in [9.17, 15) is 8.78 Å². The Bertz CT molecular complexity index is 619. The van der Waals surface area contributed by atoms with Gasteiger partial charge in [0.2, 0.25) is 0 Å². The lowest BCUT2D eigenvalue weighted by molar-refractivity contribution is 0.455. The summed E-state index contributed by atoms with van der Waals surface area (Å²) in [6.07, 6.45) is 1.01. The van der Waals surface area contributed by atoms with E-state index >= 15 is 0 Å². The fourth-order valence-corrected chi connectivity index (χ4v) is 2.05. The third-order valence-electron chi connectivity index (χ3n) is 2.88. The maximum Gasteiger partial charge on any atom is 0.162 e. The molecule has 1 N–H and O–H groups in total. The van der Waals surface area contributed by atoms with Crippen molar-refractivity contribution in [2.45, 2.75) is 19.9 Å². The first-order valence-electron chi connectivity index (χ1n) is 6.72. The standard InChI is InChI=1S/C16H16ClF2NO/c1-2-7-20-10-11-8-12(17)3-6-16(11)21-13-4-5-14(18)15(19)9-13/h3-6,8-9,20H,2,7,10H2,1H3. The highest BCUT2D eigenvalue weighted by Gasteiger charge is 2.08. The number of ether oxygens (including phenoxy) is 1. The lowest BCUT2D eigenvalue weighted by atomic mass is 10.2. The molecule has 0 unspecified atom stereocenters. The fraction of sp³-hybridized carbons (Fsp3) is 0.250. The van der Waals surface area contributed by atoms with Crippen LogP contribution in [0.2, 0.25) is 5.02 Å². The molecule has 0 radical (unpaired) electrons. The van der Waals surface area contributed by atoms with Crippen molar-refractivity contribution in [1.29, 1.82) is 0 Å². The molecular formula is C16H16ClF2NO. The van der Waals surface area contributed by atoms with Gasteiger partial charge in [0.25, 0.3) is 0 Å². The molecule has 5 heteroatoms. The minimum Gasteiger partial charge on any atom is -0.457 e. The van der Waals surface area contributed by atoms with E-state index in [1.54, 1.807) is 18.2 Å². The number of hydrogen-bond donors (Lipinski definition) is 1. The second-order valence-corrected chi connectivity index (χ2v) is 5.04. The summed E-state index contributed by atoms with van der Waals surface area (Å²) >= 11 is 5.99. The van der Waals surface area contributed by atoms with Crippen LogP contribution in [0.5, 0.6) is 11.5 Å². The van der Waals surface area contributed by atoms with Gasteiger partial charge in [-0.15, -0.1) is 0 Å². The van der Waals surface area contributed by atoms with Crippen LogP contribution < -0.4 is 10.1 Å². The van der Waals surface area contributed by atoms with Gasteiger partial charge in [0.15, 0.2) is 11.6 Å². The molecule has 112 valence electrons. The van der Waals surface area contributed by atoms with Crippen LogP contribution in [-0.2, 0) is 6.54 Å². The van der Waals surface area contributed by atoms with E-state index in [-0.39, 0.29) is 5.75 Å². The number of halogens is 3. The summed E-state index contributed by atoms with van der Waals surface area (Å²) < 4.78 is 31.7. The molecule has 0 saturated carbocycles. The fourth-order valence-electron chi connectivity index (χ4n) is 1.85. The van der Waals surface area contributed by atoms with Gasteiger partial charge in [-0.1, -0.05) is 18.5 Å². The summed E-state index contributed by atoms with van der Waals surface area (Å²) in [5.41, 5.74) is 0.862. The van der Waals surface area contributed by atoms with Crippen molar-refractivity contribution in [2.24, 2.45) is 0 Å². The average molecular weight is 312 g/mol. The topological polar surface area (TPSA) is 21.3 Å². The number of nitrogens with one attached hydrogen (secondary N) is 1. The van der Waals surface area contributed by atoms with Crippen LogP contribution in [0.4, 0.5) is 8.78 Å². The summed E-state index contributed by atoms with van der Waals surface area (Å²) in [6.45, 7) is 3.54. The van der Waals surface area contributed by atoms with Crippen LogP contribution in [0, 0.1) is 11.6 Å². The van der Waals surface area contributed by atoms with Crippen molar-refractivity contribution in [3.63, 3.8) is 0 Å². The molecule has 0 aliphatic carbocycles. The molecule has 0 spiro atoms. The summed E-state index contributed by atoms with van der Waals surface area (Å²) in [7, 11) is 0. The number of hydrogen-bond acceptors (Lipinski definition) is 2. The average Bonchev–Trinajstić information content (AvgIpc) is 2.46. The summed E-state index contributed by atoms with van der Waals surface area (Å²) in [6, 6.07) is 8.64. The number of benzene rings is 2. The summed E-state index contributed by atoms with van der Waals surface area (Å²) in [5, 5.41) is 3.85. The van der Waals surface area contributed by atoms with E-state index < -0.39 is 11.6 Å². The van der Waals surface area contributed by atoms with Crippen LogP contribution in [0.1, 0.15) is 18.9 Å². The molecule has 0 amide bonds. The molecule has 0 heterocycles. The molecule has 0 aromatic heterocycles. The molecule has 2 nitrogen and oxygen atoms in total. The van der Waals surface area contributed by atoms with Crippen LogP contribution in [-0.4, -0.2) is 6.54 Å². The molecule has 2 rings (SSSR count). The molecule has 2 aromatic rings. The Morgan fingerprint density at radius 1 is 1.10 bits per heavy atom. The highest BCUT2D eigenvalue weighted by atomic mass is 35.5. The first-order valence-corrected chi connectivity index (χ1v) is 7.10. The first-order chi connectivity index (χ1) is 10.1. The molecule has 0 aliphatic rings. The molecule has 0 saturated heterocycles. The zero-order chi connectivity index (χ0) is 15.2. The second-order valence-electron chi connectivity index (χ2n) is 4.61. The second kappa shape index (κ2) is 7.38. The monoisotopic (exact) mass is 311 g/mol. The molecular weight excluding hydrogens is 296 g/mol. The van der Waals surface area contributed by atoms with Crippen LogP contribution >= 0.6 is 11.6 Å². The van der Waals surface area contributed by atoms with Crippen LogP contribution in [0.15, 0.2) is 36.4 Å². The molecule has 2 aromatic carbocycles. The highest BCUT2D eigenvalue weighted by Crippen LogP contribution is 2.28. The SMILES string of the molecule is CCCNCc1cc(Cl)ccc1Oc1ccc(F)c(F)c1. The van der Waals surface area contributed by atoms with Gasteiger partial charge >= 0.3 is 0 Å². The van der Waals surface area contributed by atoms with Gasteiger partial charge < -0.3 is 10.1 Å². The van der Waals surface area contributed by atoms with Crippen molar-refractivity contribution in [1.82, 2.24) is 5.32 Å². The van der Waals surface area contributed by atoms with Gasteiger partial charge in [0.05, 0.1) is 0 Å². The van der Waals surface area contributed by atoms with Gasteiger partial charge in [-0.05, 0) is 43.3 Å². The maximum atomic E-state index is 13.2. The minimum atomic E-state index is -0.938. The third kappa shape index (κ3) is 4.41. The lowest BCUT2D eigenvalue weighted by Crippen LogP contribution is -2.14. The van der Waals surface area contributed by atoms with Gasteiger partial charge in [0, 0.05) is 23.2 Å². The molecule has 0 fully saturated rings. The predicted octanol–water partition coefficient (Wildman–Crippen LogP) is 4.91. The number of rotatable bonds is 6. The highest BCUT2D eigenvalue weighted by molar-refractivity contribution is 6.30. The van der Waals surface area contributed by atoms with Crippen molar-refractivity contribution in [2.75, 3.05) is 6.54 Å². The van der Waals surface area contributed by atoms with Gasteiger partial charge in [-0.25, -0.2) is 8.78 Å². The van der Waals surface area contributed by atoms with E-state index in [1.165, 1.54) is 6.07 Å². The lowest BCUT2D eigenvalue weighted by Gasteiger charge is -2.12. The van der Waals surface area contributed by atoms with E-state index in [0.717, 1.165) is 30.7 Å².